The highest BCUT2D eigenvalue weighted by Gasteiger charge is 2.34. The van der Waals surface area contributed by atoms with Crippen LogP contribution in [0.15, 0.2) is 18.2 Å². The van der Waals surface area contributed by atoms with Crippen LogP contribution < -0.4 is 14.8 Å². The van der Waals surface area contributed by atoms with Crippen molar-refractivity contribution < 1.29 is 22.6 Å². The van der Waals surface area contributed by atoms with Gasteiger partial charge in [0.15, 0.2) is 0 Å². The normalized spacial score (nSPS) is 20.7. The molecule has 1 saturated heterocycles. The van der Waals surface area contributed by atoms with Gasteiger partial charge in [0, 0.05) is 43.9 Å². The van der Waals surface area contributed by atoms with E-state index >= 15 is 0 Å². The number of hydrogen-bond donors (Lipinski definition) is 1. The van der Waals surface area contributed by atoms with E-state index in [1.165, 1.54) is 32.1 Å². The molecule has 1 saturated carbocycles. The van der Waals surface area contributed by atoms with Crippen molar-refractivity contribution >= 4 is 0 Å². The van der Waals surface area contributed by atoms with Gasteiger partial charge in [0.1, 0.15) is 11.5 Å². The molecule has 1 aromatic rings. The van der Waals surface area contributed by atoms with E-state index in [1.54, 1.807) is 6.07 Å². The van der Waals surface area contributed by atoms with E-state index in [-0.39, 0.29) is 11.8 Å². The lowest BCUT2D eigenvalue weighted by molar-refractivity contribution is -0.274. The Bertz CT molecular complexity index is 555. The number of nitrogens with one attached hydrogen (secondary N) is 1. The van der Waals surface area contributed by atoms with E-state index in [9.17, 15) is 13.2 Å². The fourth-order valence-electron chi connectivity index (χ4n) is 3.30. The van der Waals surface area contributed by atoms with Crippen LogP contribution in [0.4, 0.5) is 13.2 Å². The molecule has 1 aromatic carbocycles. The second kappa shape index (κ2) is 7.19. The molecule has 0 bridgehead atoms. The predicted octanol–water partition coefficient (Wildman–Crippen LogP) is 3.34. The van der Waals surface area contributed by atoms with Crippen molar-refractivity contribution in [2.45, 2.75) is 31.7 Å². The Kier molecular flexibility index (Phi) is 5.20. The summed E-state index contributed by atoms with van der Waals surface area (Å²) in [4.78, 5) is 2.40. The molecule has 3 rings (SSSR count). The standard InChI is InChI=1S/C17H23F3N2O2/c1-23-16-11-13(24-17(18,19)20)4-5-14(16)15(10-12-2-3-12)22-8-6-21-7-9-22/h4-5,11-12,15,21H,2-3,6-10H2,1H3/t15-/m0/s1. The molecule has 1 aliphatic heterocycles. The lowest BCUT2D eigenvalue weighted by Crippen LogP contribution is -2.45. The van der Waals surface area contributed by atoms with Crippen molar-refractivity contribution in [1.29, 1.82) is 0 Å². The minimum Gasteiger partial charge on any atom is -0.496 e. The number of benzene rings is 1. The molecule has 2 aliphatic rings. The van der Waals surface area contributed by atoms with Crippen LogP contribution in [-0.4, -0.2) is 44.6 Å². The molecule has 7 heteroatoms. The Balaban J connectivity index is 1.84. The van der Waals surface area contributed by atoms with Crippen LogP contribution in [0.25, 0.3) is 0 Å². The molecule has 0 radical (unpaired) electrons. The smallest absolute Gasteiger partial charge is 0.496 e. The molecule has 0 spiro atoms. The van der Waals surface area contributed by atoms with Crippen LogP contribution in [0.2, 0.25) is 0 Å². The maximum Gasteiger partial charge on any atom is 0.573 e. The summed E-state index contributed by atoms with van der Waals surface area (Å²) >= 11 is 0. The van der Waals surface area contributed by atoms with Gasteiger partial charge in [0.2, 0.25) is 0 Å². The van der Waals surface area contributed by atoms with Crippen molar-refractivity contribution in [3.05, 3.63) is 23.8 Å². The molecular weight excluding hydrogens is 321 g/mol. The average Bonchev–Trinajstić information content (AvgIpc) is 3.36. The van der Waals surface area contributed by atoms with E-state index in [2.05, 4.69) is 15.0 Å². The summed E-state index contributed by atoms with van der Waals surface area (Å²) in [6.07, 6.45) is -1.20. The summed E-state index contributed by atoms with van der Waals surface area (Å²) in [6.45, 7) is 3.72. The van der Waals surface area contributed by atoms with E-state index in [0.29, 0.717) is 11.7 Å². The Hall–Kier alpha value is -1.47. The fraction of sp³-hybridized carbons (Fsp3) is 0.647. The van der Waals surface area contributed by atoms with Crippen molar-refractivity contribution in [3.8, 4) is 11.5 Å². The number of nitrogens with zero attached hydrogens (tertiary/aromatic N) is 1. The summed E-state index contributed by atoms with van der Waals surface area (Å²) in [6, 6.07) is 4.61. The van der Waals surface area contributed by atoms with Gasteiger partial charge in [0.25, 0.3) is 0 Å². The topological polar surface area (TPSA) is 33.7 Å². The molecule has 1 atom stereocenters. The number of methoxy groups -OCH3 is 1. The van der Waals surface area contributed by atoms with Gasteiger partial charge >= 0.3 is 6.36 Å². The van der Waals surface area contributed by atoms with Gasteiger partial charge in [-0.15, -0.1) is 13.2 Å². The number of rotatable bonds is 6. The van der Waals surface area contributed by atoms with Crippen LogP contribution in [0.3, 0.4) is 0 Å². The van der Waals surface area contributed by atoms with Gasteiger partial charge in [0.05, 0.1) is 7.11 Å². The third-order valence-electron chi connectivity index (χ3n) is 4.64. The van der Waals surface area contributed by atoms with Gasteiger partial charge in [-0.1, -0.05) is 18.9 Å². The van der Waals surface area contributed by atoms with Gasteiger partial charge in [-0.3, -0.25) is 4.90 Å². The highest BCUT2D eigenvalue weighted by molar-refractivity contribution is 5.43. The molecule has 2 fully saturated rings. The Morgan fingerprint density at radius 1 is 1.25 bits per heavy atom. The molecule has 0 unspecified atom stereocenters. The van der Waals surface area contributed by atoms with Crippen LogP contribution in [-0.2, 0) is 0 Å². The summed E-state index contributed by atoms with van der Waals surface area (Å²) in [7, 11) is 1.49. The third kappa shape index (κ3) is 4.54. The first-order chi connectivity index (χ1) is 11.5. The van der Waals surface area contributed by atoms with Crippen molar-refractivity contribution in [1.82, 2.24) is 10.2 Å². The molecule has 4 nitrogen and oxygen atoms in total. The van der Waals surface area contributed by atoms with Crippen LogP contribution in [0, 0.1) is 5.92 Å². The van der Waals surface area contributed by atoms with Crippen LogP contribution in [0.5, 0.6) is 11.5 Å². The number of halogens is 3. The number of alkyl halides is 3. The number of piperazine rings is 1. The van der Waals surface area contributed by atoms with Crippen molar-refractivity contribution in [3.63, 3.8) is 0 Å². The largest absolute Gasteiger partial charge is 0.573 e. The zero-order chi connectivity index (χ0) is 17.2. The van der Waals surface area contributed by atoms with Gasteiger partial charge < -0.3 is 14.8 Å². The Morgan fingerprint density at radius 2 is 1.96 bits per heavy atom. The minimum atomic E-state index is -4.70. The van der Waals surface area contributed by atoms with E-state index < -0.39 is 6.36 Å². The zero-order valence-electron chi connectivity index (χ0n) is 13.7. The highest BCUT2D eigenvalue weighted by atomic mass is 19.4. The maximum absolute atomic E-state index is 12.4. The summed E-state index contributed by atoms with van der Waals surface area (Å²) in [5, 5.41) is 3.34. The Morgan fingerprint density at radius 3 is 2.54 bits per heavy atom. The molecule has 134 valence electrons. The minimum absolute atomic E-state index is 0.175. The first-order valence-electron chi connectivity index (χ1n) is 8.35. The molecule has 0 amide bonds. The molecule has 1 N–H and O–H groups in total. The van der Waals surface area contributed by atoms with E-state index in [0.717, 1.165) is 38.2 Å². The van der Waals surface area contributed by atoms with Gasteiger partial charge in [-0.25, -0.2) is 0 Å². The SMILES string of the molecule is COc1cc(OC(F)(F)F)ccc1[C@H](CC1CC1)N1CCNCC1. The highest BCUT2D eigenvalue weighted by Crippen LogP contribution is 2.43. The quantitative estimate of drug-likeness (QED) is 0.858. The molecular formula is C17H23F3N2O2. The maximum atomic E-state index is 12.4. The summed E-state index contributed by atoms with van der Waals surface area (Å²) in [5.41, 5.74) is 0.945. The van der Waals surface area contributed by atoms with Crippen molar-refractivity contribution in [2.75, 3.05) is 33.3 Å². The van der Waals surface area contributed by atoms with Crippen LogP contribution in [0.1, 0.15) is 30.9 Å². The molecule has 24 heavy (non-hydrogen) atoms. The van der Waals surface area contributed by atoms with E-state index in [1.807, 2.05) is 0 Å². The third-order valence-corrected chi connectivity index (χ3v) is 4.64. The summed E-state index contributed by atoms with van der Waals surface area (Å²) in [5.74, 6) is 0.926. The zero-order valence-corrected chi connectivity index (χ0v) is 13.7. The number of ether oxygens (including phenoxy) is 2. The monoisotopic (exact) mass is 344 g/mol. The second-order valence-electron chi connectivity index (χ2n) is 6.43. The average molecular weight is 344 g/mol. The molecule has 0 aromatic heterocycles. The number of hydrogen-bond acceptors (Lipinski definition) is 4. The molecule has 1 heterocycles. The van der Waals surface area contributed by atoms with Gasteiger partial charge in [-0.2, -0.15) is 0 Å². The first-order valence-corrected chi connectivity index (χ1v) is 8.35. The van der Waals surface area contributed by atoms with Gasteiger partial charge in [-0.05, 0) is 18.4 Å². The fourth-order valence-corrected chi connectivity index (χ4v) is 3.30. The van der Waals surface area contributed by atoms with E-state index in [4.69, 9.17) is 4.74 Å². The lowest BCUT2D eigenvalue weighted by atomic mass is 9.97. The van der Waals surface area contributed by atoms with Crippen LogP contribution >= 0.6 is 0 Å². The lowest BCUT2D eigenvalue weighted by Gasteiger charge is -2.36. The summed E-state index contributed by atoms with van der Waals surface area (Å²) < 4.78 is 46.7. The van der Waals surface area contributed by atoms with Crippen molar-refractivity contribution in [2.24, 2.45) is 5.92 Å². The second-order valence-corrected chi connectivity index (χ2v) is 6.43. The predicted molar refractivity (Wildman–Crippen MR) is 84.2 cm³/mol. The molecule has 1 aliphatic carbocycles. The first kappa shape index (κ1) is 17.4. The Labute approximate surface area is 139 Å².